The second-order valence-corrected chi connectivity index (χ2v) is 7.35. The Balaban J connectivity index is 1.73. The number of amides is 1. The summed E-state index contributed by atoms with van der Waals surface area (Å²) < 4.78 is 56.6. The number of aliphatic hydroxyl groups is 2. The van der Waals surface area contributed by atoms with Crippen LogP contribution in [0, 0.1) is 0 Å². The van der Waals surface area contributed by atoms with Gasteiger partial charge in [-0.2, -0.15) is 13.9 Å². The van der Waals surface area contributed by atoms with Gasteiger partial charge in [0, 0.05) is 25.1 Å². The Morgan fingerprint density at radius 1 is 1.33 bits per heavy atom. The molecule has 1 atom stereocenters. The number of hydrogen-bond acceptors (Lipinski definition) is 7. The molecule has 9 nitrogen and oxygen atoms in total. The van der Waals surface area contributed by atoms with E-state index in [0.29, 0.717) is 16.5 Å². The maximum atomic E-state index is 13.0. The molecule has 3 aromatic heterocycles. The molecule has 0 aliphatic heterocycles. The van der Waals surface area contributed by atoms with Crippen LogP contribution in [0.3, 0.4) is 0 Å². The highest BCUT2D eigenvalue weighted by atomic mass is 35.5. The van der Waals surface area contributed by atoms with Crippen molar-refractivity contribution in [2.24, 2.45) is 0 Å². The number of nitrogens with one attached hydrogen (secondary N) is 1. The van der Waals surface area contributed by atoms with Crippen LogP contribution in [0.2, 0.25) is 5.02 Å². The van der Waals surface area contributed by atoms with Crippen LogP contribution in [0.25, 0.3) is 10.9 Å². The minimum absolute atomic E-state index is 0.0590. The van der Waals surface area contributed by atoms with Crippen LogP contribution in [-0.2, 0) is 6.54 Å². The molecule has 0 aliphatic carbocycles. The van der Waals surface area contributed by atoms with Crippen molar-refractivity contribution in [2.45, 2.75) is 25.0 Å². The minimum Gasteiger partial charge on any atom is -0.470 e. The molecular formula is C19H18ClF4N5O4. The van der Waals surface area contributed by atoms with Crippen molar-refractivity contribution in [1.82, 2.24) is 25.1 Å². The summed E-state index contributed by atoms with van der Waals surface area (Å²) in [7, 11) is 0. The number of hydrogen-bond donors (Lipinski definition) is 3. The molecule has 0 fully saturated rings. The predicted molar refractivity (Wildman–Crippen MR) is 108 cm³/mol. The van der Waals surface area contributed by atoms with Crippen LogP contribution >= 0.6 is 11.6 Å². The van der Waals surface area contributed by atoms with Crippen LogP contribution in [0.5, 0.6) is 5.88 Å². The van der Waals surface area contributed by atoms with Gasteiger partial charge in [-0.05, 0) is 17.7 Å². The maximum absolute atomic E-state index is 13.0. The van der Waals surface area contributed by atoms with Crippen molar-refractivity contribution in [2.75, 3.05) is 19.8 Å². The standard InChI is InChI=1S/C19H18ClF4N5O4/c20-13-3-10(4-27-17(13)33-9-19(23,24)18(21)22)6-29-7-12-14(28-29)1-2-25-15(12)16(32)26-5-11(31)8-30/h1-4,7,11,18,30-31H,5-6,8-9H2,(H,26,32). The Labute approximate surface area is 189 Å². The molecule has 3 heterocycles. The molecule has 0 spiro atoms. The number of fused-ring (bicyclic) bond motifs is 1. The van der Waals surface area contributed by atoms with Crippen LogP contribution in [0.15, 0.2) is 30.7 Å². The van der Waals surface area contributed by atoms with E-state index < -0.39 is 43.5 Å². The summed E-state index contributed by atoms with van der Waals surface area (Å²) in [6, 6.07) is 2.94. The SMILES string of the molecule is O=C(NCC(O)CO)c1nccc2nn(Cc3cnc(OCC(F)(F)C(F)F)c(Cl)c3)cc12. The highest BCUT2D eigenvalue weighted by Crippen LogP contribution is 2.28. The Morgan fingerprint density at radius 3 is 2.76 bits per heavy atom. The van der Waals surface area contributed by atoms with E-state index in [1.54, 1.807) is 12.3 Å². The third-order valence-electron chi connectivity index (χ3n) is 4.33. The van der Waals surface area contributed by atoms with Crippen molar-refractivity contribution < 1.29 is 37.3 Å². The summed E-state index contributed by atoms with van der Waals surface area (Å²) in [6.07, 6.45) is -0.804. The minimum atomic E-state index is -4.34. The Hall–Kier alpha value is -3.03. The van der Waals surface area contributed by atoms with E-state index >= 15 is 0 Å². The van der Waals surface area contributed by atoms with Crippen molar-refractivity contribution in [3.05, 3.63) is 47.0 Å². The van der Waals surface area contributed by atoms with Gasteiger partial charge in [0.25, 0.3) is 5.91 Å². The summed E-state index contributed by atoms with van der Waals surface area (Å²) >= 11 is 5.97. The molecule has 1 amide bonds. The molecule has 3 rings (SSSR count). The lowest BCUT2D eigenvalue weighted by atomic mass is 10.2. The number of aromatic nitrogens is 4. The van der Waals surface area contributed by atoms with Crippen LogP contribution in [-0.4, -0.2) is 74.1 Å². The average Bonchev–Trinajstić information content (AvgIpc) is 3.18. The zero-order valence-electron chi connectivity index (χ0n) is 16.8. The smallest absolute Gasteiger partial charge is 0.340 e. The van der Waals surface area contributed by atoms with Crippen molar-refractivity contribution in [3.8, 4) is 5.88 Å². The first kappa shape index (κ1) is 24.6. The lowest BCUT2D eigenvalue weighted by molar-refractivity contribution is -0.148. The van der Waals surface area contributed by atoms with E-state index in [9.17, 15) is 27.5 Å². The number of halogens is 5. The molecule has 0 radical (unpaired) electrons. The van der Waals surface area contributed by atoms with Gasteiger partial charge in [-0.3, -0.25) is 14.5 Å². The highest BCUT2D eigenvalue weighted by Gasteiger charge is 2.42. The normalized spacial score (nSPS) is 12.8. The number of carbonyl (C=O) groups is 1. The summed E-state index contributed by atoms with van der Waals surface area (Å²) in [5, 5.41) is 25.3. The second kappa shape index (κ2) is 10.3. The first-order chi connectivity index (χ1) is 15.6. The number of pyridine rings is 2. The summed E-state index contributed by atoms with van der Waals surface area (Å²) in [5.41, 5.74) is 1.00. The van der Waals surface area contributed by atoms with Crippen molar-refractivity contribution in [1.29, 1.82) is 0 Å². The summed E-state index contributed by atoms with van der Waals surface area (Å²) in [4.78, 5) is 20.2. The molecule has 0 saturated heterocycles. The lowest BCUT2D eigenvalue weighted by Crippen LogP contribution is -2.34. The fraction of sp³-hybridized carbons (Fsp3) is 0.368. The van der Waals surface area contributed by atoms with Gasteiger partial charge in [-0.1, -0.05) is 11.6 Å². The van der Waals surface area contributed by atoms with Gasteiger partial charge in [0.1, 0.15) is 10.7 Å². The topological polar surface area (TPSA) is 122 Å². The van der Waals surface area contributed by atoms with E-state index in [2.05, 4.69) is 25.1 Å². The quantitative estimate of drug-likeness (QED) is 0.370. The van der Waals surface area contributed by atoms with Gasteiger partial charge < -0.3 is 20.3 Å². The molecule has 0 aromatic carbocycles. The molecule has 0 bridgehead atoms. The Morgan fingerprint density at radius 2 is 2.09 bits per heavy atom. The molecule has 14 heteroatoms. The average molecular weight is 492 g/mol. The highest BCUT2D eigenvalue weighted by molar-refractivity contribution is 6.31. The molecule has 3 aromatic rings. The molecule has 1 unspecified atom stereocenters. The number of nitrogens with zero attached hydrogens (tertiary/aromatic N) is 4. The summed E-state index contributed by atoms with van der Waals surface area (Å²) in [5.74, 6) is -5.33. The molecule has 0 aliphatic rings. The van der Waals surface area contributed by atoms with E-state index in [4.69, 9.17) is 16.7 Å². The monoisotopic (exact) mass is 491 g/mol. The van der Waals surface area contributed by atoms with Crippen LogP contribution in [0.1, 0.15) is 16.1 Å². The number of ether oxygens (including phenoxy) is 1. The molecule has 3 N–H and O–H groups in total. The summed E-state index contributed by atoms with van der Waals surface area (Å²) in [6.45, 7) is -2.12. The van der Waals surface area contributed by atoms with Gasteiger partial charge in [0.2, 0.25) is 5.88 Å². The number of aliphatic hydroxyl groups excluding tert-OH is 2. The molecule has 33 heavy (non-hydrogen) atoms. The predicted octanol–water partition coefficient (Wildman–Crippen LogP) is 1.89. The largest absolute Gasteiger partial charge is 0.470 e. The molecule has 0 saturated carbocycles. The van der Waals surface area contributed by atoms with Crippen LogP contribution in [0.4, 0.5) is 17.6 Å². The fourth-order valence-electron chi connectivity index (χ4n) is 2.69. The third kappa shape index (κ3) is 6.06. The van der Waals surface area contributed by atoms with E-state index in [0.717, 1.165) is 0 Å². The number of carbonyl (C=O) groups excluding carboxylic acids is 1. The van der Waals surface area contributed by atoms with Crippen molar-refractivity contribution >= 4 is 28.4 Å². The number of rotatable bonds is 10. The number of alkyl halides is 4. The van der Waals surface area contributed by atoms with Gasteiger partial charge in [0.05, 0.1) is 30.2 Å². The van der Waals surface area contributed by atoms with Crippen molar-refractivity contribution in [3.63, 3.8) is 0 Å². The molecular weight excluding hydrogens is 474 g/mol. The zero-order valence-corrected chi connectivity index (χ0v) is 17.5. The van der Waals surface area contributed by atoms with E-state index in [-0.39, 0.29) is 23.8 Å². The Bertz CT molecular complexity index is 1130. The first-order valence-corrected chi connectivity index (χ1v) is 9.81. The Kier molecular flexibility index (Phi) is 7.66. The third-order valence-corrected chi connectivity index (χ3v) is 4.61. The van der Waals surface area contributed by atoms with Gasteiger partial charge >= 0.3 is 12.3 Å². The zero-order chi connectivity index (χ0) is 24.2. The maximum Gasteiger partial charge on any atom is 0.340 e. The van der Waals surface area contributed by atoms with Gasteiger partial charge in [-0.25, -0.2) is 13.8 Å². The van der Waals surface area contributed by atoms with Gasteiger partial charge in [-0.15, -0.1) is 0 Å². The van der Waals surface area contributed by atoms with E-state index in [1.807, 2.05) is 0 Å². The second-order valence-electron chi connectivity index (χ2n) is 6.95. The van der Waals surface area contributed by atoms with Gasteiger partial charge in [0.15, 0.2) is 6.61 Å². The first-order valence-electron chi connectivity index (χ1n) is 9.43. The fourth-order valence-corrected chi connectivity index (χ4v) is 2.93. The molecule has 178 valence electrons. The lowest BCUT2D eigenvalue weighted by Gasteiger charge is -2.16. The van der Waals surface area contributed by atoms with Crippen LogP contribution < -0.4 is 10.1 Å². The van der Waals surface area contributed by atoms with E-state index in [1.165, 1.54) is 23.1 Å².